The molecule has 1 aliphatic rings. The molecule has 0 spiro atoms. The number of anilines is 1. The minimum absolute atomic E-state index is 0.155. The third-order valence-corrected chi connectivity index (χ3v) is 4.62. The molecule has 7 nitrogen and oxygen atoms in total. The maximum Gasteiger partial charge on any atom is 0.508 e. The number of ether oxygens (including phenoxy) is 4. The van der Waals surface area contributed by atoms with Crippen LogP contribution in [0.5, 0.6) is 0 Å². The summed E-state index contributed by atoms with van der Waals surface area (Å²) in [6.07, 6.45) is -0.212. The first-order valence-electron chi connectivity index (χ1n) is 8.83. The molecule has 0 aliphatic carbocycles. The first kappa shape index (κ1) is 20.0. The second-order valence-corrected chi connectivity index (χ2v) is 6.39. The van der Waals surface area contributed by atoms with Crippen LogP contribution in [0, 0.1) is 0 Å². The minimum Gasteiger partial charge on any atom is -0.465 e. The summed E-state index contributed by atoms with van der Waals surface area (Å²) in [7, 11) is 1.57. The number of hydrogen-bond acceptors (Lipinski definition) is 7. The van der Waals surface area contributed by atoms with Gasteiger partial charge in [-0.15, -0.1) is 0 Å². The molecule has 0 amide bonds. The molecule has 1 fully saturated rings. The van der Waals surface area contributed by atoms with E-state index in [9.17, 15) is 9.59 Å². The molecule has 1 heterocycles. The minimum atomic E-state index is -0.644. The van der Waals surface area contributed by atoms with Gasteiger partial charge >= 0.3 is 6.16 Å². The van der Waals surface area contributed by atoms with Crippen molar-refractivity contribution < 1.29 is 28.5 Å². The number of benzene rings is 1. The van der Waals surface area contributed by atoms with Gasteiger partial charge in [-0.2, -0.15) is 0 Å². The third-order valence-electron chi connectivity index (χ3n) is 4.62. The molecule has 1 aromatic carbocycles. The summed E-state index contributed by atoms with van der Waals surface area (Å²) in [6.45, 7) is 6.10. The van der Waals surface area contributed by atoms with Crippen LogP contribution in [0.4, 0.5) is 10.5 Å². The van der Waals surface area contributed by atoms with Gasteiger partial charge in [-0.05, 0) is 30.0 Å². The number of nitrogens with zero attached hydrogens (tertiary/aromatic N) is 1. The molecular formula is C19H27NO6. The van der Waals surface area contributed by atoms with Gasteiger partial charge in [0, 0.05) is 19.3 Å². The molecule has 0 N–H and O–H groups in total. The molecule has 0 saturated carbocycles. The van der Waals surface area contributed by atoms with Gasteiger partial charge in [0.15, 0.2) is 6.10 Å². The Morgan fingerprint density at radius 2 is 2.08 bits per heavy atom. The van der Waals surface area contributed by atoms with Gasteiger partial charge in [0.05, 0.1) is 6.54 Å². The first-order valence-corrected chi connectivity index (χ1v) is 8.83. The predicted molar refractivity (Wildman–Crippen MR) is 96.4 cm³/mol. The van der Waals surface area contributed by atoms with Gasteiger partial charge in [-0.25, -0.2) is 4.79 Å². The Morgan fingerprint density at radius 3 is 2.62 bits per heavy atom. The molecule has 2 unspecified atom stereocenters. The number of rotatable bonds is 11. The van der Waals surface area contributed by atoms with Crippen LogP contribution in [0.25, 0.3) is 0 Å². The average Bonchev–Trinajstić information content (AvgIpc) is 3.08. The summed E-state index contributed by atoms with van der Waals surface area (Å²) < 4.78 is 20.3. The lowest BCUT2D eigenvalue weighted by molar-refractivity contribution is -0.131. The molecule has 26 heavy (non-hydrogen) atoms. The fourth-order valence-electron chi connectivity index (χ4n) is 2.82. The van der Waals surface area contributed by atoms with Crippen molar-refractivity contribution in [3.63, 3.8) is 0 Å². The van der Waals surface area contributed by atoms with E-state index < -0.39 is 6.16 Å². The molecular weight excluding hydrogens is 338 g/mol. The highest BCUT2D eigenvalue weighted by Crippen LogP contribution is 2.24. The van der Waals surface area contributed by atoms with Gasteiger partial charge in [-0.3, -0.25) is 4.79 Å². The van der Waals surface area contributed by atoms with Gasteiger partial charge in [0.25, 0.3) is 6.47 Å². The number of carbonyl (C=O) groups excluding carboxylic acids is 2. The normalized spacial score (nSPS) is 18.6. The van der Waals surface area contributed by atoms with Crippen molar-refractivity contribution in [2.75, 3.05) is 38.3 Å². The van der Waals surface area contributed by atoms with E-state index in [1.165, 1.54) is 5.56 Å². The number of carbonyl (C=O) groups is 2. The average molecular weight is 365 g/mol. The fraction of sp³-hybridized carbons (Fsp3) is 0.579. The van der Waals surface area contributed by atoms with E-state index in [2.05, 4.69) is 30.9 Å². The molecule has 1 saturated heterocycles. The van der Waals surface area contributed by atoms with Gasteiger partial charge in [-0.1, -0.05) is 26.0 Å². The van der Waals surface area contributed by atoms with Crippen molar-refractivity contribution >= 4 is 18.3 Å². The topological polar surface area (TPSA) is 74.3 Å². The van der Waals surface area contributed by atoms with Crippen LogP contribution in [0.2, 0.25) is 0 Å². The smallest absolute Gasteiger partial charge is 0.465 e. The van der Waals surface area contributed by atoms with Crippen LogP contribution in [-0.2, 0) is 23.7 Å². The zero-order valence-corrected chi connectivity index (χ0v) is 15.6. The van der Waals surface area contributed by atoms with Gasteiger partial charge in [0.2, 0.25) is 0 Å². The van der Waals surface area contributed by atoms with E-state index in [1.54, 1.807) is 7.11 Å². The Labute approximate surface area is 154 Å². The monoisotopic (exact) mass is 365 g/mol. The summed E-state index contributed by atoms with van der Waals surface area (Å²) in [6, 6.07) is 8.31. The second-order valence-electron chi connectivity index (χ2n) is 6.39. The number of methoxy groups -OCH3 is 1. The maximum absolute atomic E-state index is 11.2. The molecule has 7 heteroatoms. The summed E-state index contributed by atoms with van der Waals surface area (Å²) in [4.78, 5) is 23.7. The largest absolute Gasteiger partial charge is 0.508 e. The lowest BCUT2D eigenvalue weighted by Crippen LogP contribution is -2.41. The Bertz CT molecular complexity index is 576. The van der Waals surface area contributed by atoms with E-state index in [1.807, 2.05) is 12.1 Å². The molecule has 2 rings (SSSR count). The molecule has 144 valence electrons. The van der Waals surface area contributed by atoms with Crippen LogP contribution in [0.3, 0.4) is 0 Å². The van der Waals surface area contributed by atoms with Gasteiger partial charge < -0.3 is 23.8 Å². The SMILES string of the molecule is CC[C@@H](C)c1ccc(N(CC(COC=O)OC)CC2COC(=O)O2)cc1. The Balaban J connectivity index is 2.12. The molecule has 0 aromatic heterocycles. The zero-order valence-electron chi connectivity index (χ0n) is 15.6. The maximum atomic E-state index is 11.2. The van der Waals surface area contributed by atoms with Crippen molar-refractivity contribution in [1.29, 1.82) is 0 Å². The predicted octanol–water partition coefficient (Wildman–Crippen LogP) is 2.73. The summed E-state index contributed by atoms with van der Waals surface area (Å²) >= 11 is 0. The van der Waals surface area contributed by atoms with E-state index in [0.29, 0.717) is 25.5 Å². The molecule has 0 bridgehead atoms. The second kappa shape index (κ2) is 10.0. The third kappa shape index (κ3) is 5.62. The van der Waals surface area contributed by atoms with Crippen molar-refractivity contribution in [1.82, 2.24) is 0 Å². The summed E-state index contributed by atoms with van der Waals surface area (Å²) in [5, 5.41) is 0. The molecule has 0 radical (unpaired) electrons. The van der Waals surface area contributed by atoms with Crippen molar-refractivity contribution in [3.05, 3.63) is 29.8 Å². The highest BCUT2D eigenvalue weighted by atomic mass is 16.8. The molecule has 1 aromatic rings. The lowest BCUT2D eigenvalue weighted by Gasteiger charge is -2.30. The Hall–Kier alpha value is -2.28. The first-order chi connectivity index (χ1) is 12.6. The van der Waals surface area contributed by atoms with E-state index in [-0.39, 0.29) is 25.4 Å². The number of hydrogen-bond donors (Lipinski definition) is 0. The van der Waals surface area contributed by atoms with E-state index in [4.69, 9.17) is 18.9 Å². The van der Waals surface area contributed by atoms with Crippen LogP contribution >= 0.6 is 0 Å². The number of cyclic esters (lactones) is 2. The van der Waals surface area contributed by atoms with Crippen molar-refractivity contribution in [2.45, 2.75) is 38.4 Å². The van der Waals surface area contributed by atoms with Crippen LogP contribution in [-0.4, -0.2) is 58.2 Å². The molecule has 1 aliphatic heterocycles. The van der Waals surface area contributed by atoms with Crippen LogP contribution < -0.4 is 4.90 Å². The van der Waals surface area contributed by atoms with Gasteiger partial charge in [0.1, 0.15) is 19.3 Å². The summed E-state index contributed by atoms with van der Waals surface area (Å²) in [5.74, 6) is 0.495. The van der Waals surface area contributed by atoms with E-state index >= 15 is 0 Å². The summed E-state index contributed by atoms with van der Waals surface area (Å²) in [5.41, 5.74) is 2.26. The van der Waals surface area contributed by atoms with Crippen LogP contribution in [0.15, 0.2) is 24.3 Å². The standard InChI is InChI=1S/C19H27NO6/c1-4-14(2)15-5-7-16(8-6-15)20(9-17(23-3)11-24-13-21)10-18-12-25-19(22)26-18/h5-8,13-14,17-18H,4,9-12H2,1-3H3/t14-,17?,18?/m1/s1. The van der Waals surface area contributed by atoms with Crippen LogP contribution in [0.1, 0.15) is 31.7 Å². The van der Waals surface area contributed by atoms with Crippen molar-refractivity contribution in [2.24, 2.45) is 0 Å². The Kier molecular flexibility index (Phi) is 7.72. The van der Waals surface area contributed by atoms with E-state index in [0.717, 1.165) is 12.1 Å². The highest BCUT2D eigenvalue weighted by Gasteiger charge is 2.28. The molecule has 3 atom stereocenters. The zero-order chi connectivity index (χ0) is 18.9. The lowest BCUT2D eigenvalue weighted by atomic mass is 9.98. The quantitative estimate of drug-likeness (QED) is 0.441. The Morgan fingerprint density at radius 1 is 1.35 bits per heavy atom. The fourth-order valence-corrected chi connectivity index (χ4v) is 2.82. The van der Waals surface area contributed by atoms with Crippen molar-refractivity contribution in [3.8, 4) is 0 Å². The highest BCUT2D eigenvalue weighted by molar-refractivity contribution is 5.62.